The minimum absolute atomic E-state index is 0.277. The first-order valence-electron chi connectivity index (χ1n) is 8.12. The number of aromatic nitrogens is 2. The molecule has 22 heavy (non-hydrogen) atoms. The van der Waals surface area contributed by atoms with E-state index in [4.69, 9.17) is 0 Å². The van der Waals surface area contributed by atoms with Gasteiger partial charge >= 0.3 is 0 Å². The fourth-order valence-corrected chi connectivity index (χ4v) is 3.39. The number of hydrogen-bond donors (Lipinski definition) is 0. The number of imidazole rings is 1. The maximum Gasteiger partial charge on any atom is 0.226 e. The van der Waals surface area contributed by atoms with Crippen LogP contribution >= 0.6 is 0 Å². The highest BCUT2D eigenvalue weighted by Gasteiger charge is 2.41. The van der Waals surface area contributed by atoms with Gasteiger partial charge < -0.3 is 9.47 Å². The molecule has 1 aliphatic carbocycles. The van der Waals surface area contributed by atoms with Gasteiger partial charge in [-0.15, -0.1) is 0 Å². The molecule has 1 aliphatic heterocycles. The van der Waals surface area contributed by atoms with E-state index in [1.165, 1.54) is 5.56 Å². The fourth-order valence-electron chi connectivity index (χ4n) is 3.39. The lowest BCUT2D eigenvalue weighted by Gasteiger charge is -2.20. The lowest BCUT2D eigenvalue weighted by molar-refractivity contribution is -0.132. The van der Waals surface area contributed by atoms with Crippen molar-refractivity contribution in [3.05, 3.63) is 42.4 Å². The molecule has 2 aliphatic rings. The van der Waals surface area contributed by atoms with E-state index in [0.29, 0.717) is 11.8 Å². The van der Waals surface area contributed by atoms with Crippen LogP contribution in [0.5, 0.6) is 0 Å². The van der Waals surface area contributed by atoms with Crippen molar-refractivity contribution in [3.8, 4) is 11.3 Å². The van der Waals surface area contributed by atoms with Crippen molar-refractivity contribution in [2.45, 2.75) is 26.3 Å². The molecule has 2 aromatic rings. The number of nitrogens with zero attached hydrogens (tertiary/aromatic N) is 3. The molecule has 1 saturated carbocycles. The molecule has 0 bridgehead atoms. The SMILES string of the molecule is C[C@@H]1C[C@H]1C(=O)N1CCc2ncc(-c3ccccc3)n2CC1. The van der Waals surface area contributed by atoms with Crippen LogP contribution in [-0.4, -0.2) is 33.4 Å². The second kappa shape index (κ2) is 5.27. The molecule has 114 valence electrons. The third-order valence-electron chi connectivity index (χ3n) is 4.94. The van der Waals surface area contributed by atoms with Crippen LogP contribution in [0.1, 0.15) is 19.2 Å². The lowest BCUT2D eigenvalue weighted by Crippen LogP contribution is -2.35. The molecule has 0 unspecified atom stereocenters. The Balaban J connectivity index is 1.55. The Bertz CT molecular complexity index is 692. The van der Waals surface area contributed by atoms with Gasteiger partial charge in [0, 0.05) is 32.0 Å². The summed E-state index contributed by atoms with van der Waals surface area (Å²) < 4.78 is 2.28. The predicted octanol–water partition coefficient (Wildman–Crippen LogP) is 2.59. The first-order valence-corrected chi connectivity index (χ1v) is 8.12. The van der Waals surface area contributed by atoms with Gasteiger partial charge in [-0.05, 0) is 17.9 Å². The molecule has 0 spiro atoms. The van der Waals surface area contributed by atoms with Crippen LogP contribution in [0.3, 0.4) is 0 Å². The van der Waals surface area contributed by atoms with Crippen LogP contribution in [-0.2, 0) is 17.8 Å². The number of carbonyl (C=O) groups is 1. The molecule has 0 N–H and O–H groups in total. The molecule has 4 nitrogen and oxygen atoms in total. The highest BCUT2D eigenvalue weighted by molar-refractivity contribution is 5.81. The summed E-state index contributed by atoms with van der Waals surface area (Å²) in [5.41, 5.74) is 2.35. The Labute approximate surface area is 130 Å². The molecule has 4 rings (SSSR count). The third kappa shape index (κ3) is 2.32. The molecule has 1 aromatic carbocycles. The Morgan fingerprint density at radius 2 is 1.95 bits per heavy atom. The van der Waals surface area contributed by atoms with Crippen molar-refractivity contribution < 1.29 is 4.79 Å². The van der Waals surface area contributed by atoms with Gasteiger partial charge in [0.05, 0.1) is 11.9 Å². The lowest BCUT2D eigenvalue weighted by atomic mass is 10.2. The number of fused-ring (bicyclic) bond motifs is 1. The van der Waals surface area contributed by atoms with Gasteiger partial charge in [-0.2, -0.15) is 0 Å². The standard InChI is InChI=1S/C18H21N3O/c1-13-11-15(13)18(22)20-8-7-17-19-12-16(21(17)10-9-20)14-5-3-2-4-6-14/h2-6,12-13,15H,7-11H2,1H3/t13-,15-/m1/s1. The summed E-state index contributed by atoms with van der Waals surface area (Å²) >= 11 is 0. The minimum Gasteiger partial charge on any atom is -0.340 e. The van der Waals surface area contributed by atoms with Crippen LogP contribution in [0.25, 0.3) is 11.3 Å². The van der Waals surface area contributed by atoms with Gasteiger partial charge in [-0.25, -0.2) is 4.98 Å². The van der Waals surface area contributed by atoms with E-state index in [9.17, 15) is 4.79 Å². The Kier molecular flexibility index (Phi) is 3.25. The molecular weight excluding hydrogens is 274 g/mol. The van der Waals surface area contributed by atoms with Crippen LogP contribution in [0.15, 0.2) is 36.5 Å². The maximum atomic E-state index is 12.4. The van der Waals surface area contributed by atoms with Crippen LogP contribution in [0, 0.1) is 11.8 Å². The molecule has 0 radical (unpaired) electrons. The average molecular weight is 295 g/mol. The van der Waals surface area contributed by atoms with E-state index in [0.717, 1.165) is 44.0 Å². The van der Waals surface area contributed by atoms with E-state index < -0.39 is 0 Å². The van der Waals surface area contributed by atoms with Crippen LogP contribution in [0.2, 0.25) is 0 Å². The first-order chi connectivity index (χ1) is 10.7. The van der Waals surface area contributed by atoms with Crippen LogP contribution < -0.4 is 0 Å². The summed E-state index contributed by atoms with van der Waals surface area (Å²) in [4.78, 5) is 19.1. The number of hydrogen-bond acceptors (Lipinski definition) is 2. The summed E-state index contributed by atoms with van der Waals surface area (Å²) in [6.07, 6.45) is 3.87. The van der Waals surface area contributed by atoms with Crippen molar-refractivity contribution in [1.29, 1.82) is 0 Å². The number of rotatable bonds is 2. The van der Waals surface area contributed by atoms with Gasteiger partial charge in [0.1, 0.15) is 5.82 Å². The molecular formula is C18H21N3O. The molecule has 1 amide bonds. The van der Waals surface area contributed by atoms with E-state index in [1.54, 1.807) is 0 Å². The van der Waals surface area contributed by atoms with Crippen molar-refractivity contribution in [2.75, 3.05) is 13.1 Å². The predicted molar refractivity (Wildman–Crippen MR) is 85.2 cm³/mol. The van der Waals surface area contributed by atoms with E-state index >= 15 is 0 Å². The van der Waals surface area contributed by atoms with Gasteiger partial charge in [0.25, 0.3) is 0 Å². The largest absolute Gasteiger partial charge is 0.340 e. The smallest absolute Gasteiger partial charge is 0.226 e. The second-order valence-electron chi connectivity index (χ2n) is 6.47. The maximum absolute atomic E-state index is 12.4. The van der Waals surface area contributed by atoms with Gasteiger partial charge in [-0.1, -0.05) is 37.3 Å². The molecule has 2 heterocycles. The fraction of sp³-hybridized carbons (Fsp3) is 0.444. The quantitative estimate of drug-likeness (QED) is 0.854. The summed E-state index contributed by atoms with van der Waals surface area (Å²) in [5.74, 6) is 2.30. The average Bonchev–Trinajstić information content (AvgIpc) is 3.21. The second-order valence-corrected chi connectivity index (χ2v) is 6.47. The Hall–Kier alpha value is -2.10. The summed E-state index contributed by atoms with van der Waals surface area (Å²) in [6.45, 7) is 4.60. The molecule has 1 fully saturated rings. The van der Waals surface area contributed by atoms with Crippen molar-refractivity contribution >= 4 is 5.91 Å². The van der Waals surface area contributed by atoms with E-state index in [1.807, 2.05) is 17.2 Å². The number of carbonyl (C=O) groups excluding carboxylic acids is 1. The minimum atomic E-state index is 0.277. The third-order valence-corrected chi connectivity index (χ3v) is 4.94. The first kappa shape index (κ1) is 13.6. The molecule has 1 aromatic heterocycles. The van der Waals surface area contributed by atoms with E-state index in [2.05, 4.69) is 40.7 Å². The number of benzene rings is 1. The summed E-state index contributed by atoms with van der Waals surface area (Å²) in [7, 11) is 0. The van der Waals surface area contributed by atoms with E-state index in [-0.39, 0.29) is 5.92 Å². The zero-order valence-electron chi connectivity index (χ0n) is 12.9. The highest BCUT2D eigenvalue weighted by atomic mass is 16.2. The molecule has 2 atom stereocenters. The highest BCUT2D eigenvalue weighted by Crippen LogP contribution is 2.39. The van der Waals surface area contributed by atoms with Crippen LogP contribution in [0.4, 0.5) is 0 Å². The zero-order chi connectivity index (χ0) is 15.1. The van der Waals surface area contributed by atoms with Gasteiger partial charge in [-0.3, -0.25) is 4.79 Å². The Morgan fingerprint density at radius 3 is 2.68 bits per heavy atom. The van der Waals surface area contributed by atoms with Gasteiger partial charge in [0.2, 0.25) is 5.91 Å². The summed E-state index contributed by atoms with van der Waals surface area (Å²) in [5, 5.41) is 0. The van der Waals surface area contributed by atoms with Gasteiger partial charge in [0.15, 0.2) is 0 Å². The monoisotopic (exact) mass is 295 g/mol. The van der Waals surface area contributed by atoms with Crippen molar-refractivity contribution in [2.24, 2.45) is 11.8 Å². The normalized spacial score (nSPS) is 23.8. The molecule has 0 saturated heterocycles. The topological polar surface area (TPSA) is 38.1 Å². The van der Waals surface area contributed by atoms with Crippen molar-refractivity contribution in [1.82, 2.24) is 14.5 Å². The summed E-state index contributed by atoms with van der Waals surface area (Å²) in [6, 6.07) is 10.4. The zero-order valence-corrected chi connectivity index (χ0v) is 12.9. The number of amides is 1. The van der Waals surface area contributed by atoms with Crippen molar-refractivity contribution in [3.63, 3.8) is 0 Å². The molecule has 4 heteroatoms. The Morgan fingerprint density at radius 1 is 1.18 bits per heavy atom.